The lowest BCUT2D eigenvalue weighted by Gasteiger charge is -2.02. The molecule has 0 radical (unpaired) electrons. The third-order valence-corrected chi connectivity index (χ3v) is 3.38. The van der Waals surface area contributed by atoms with Crippen molar-refractivity contribution in [2.45, 2.75) is 13.8 Å². The summed E-state index contributed by atoms with van der Waals surface area (Å²) in [4.78, 5) is 16.3. The maximum Gasteiger partial charge on any atom is 0.363 e. The van der Waals surface area contributed by atoms with E-state index in [9.17, 15) is 4.79 Å². The van der Waals surface area contributed by atoms with E-state index >= 15 is 0 Å². The van der Waals surface area contributed by atoms with E-state index in [0.29, 0.717) is 11.6 Å². The molecular formula is C18H15NO2. The maximum absolute atomic E-state index is 11.9. The molecule has 3 heteroatoms. The molecule has 1 aliphatic rings. The average Bonchev–Trinajstić information content (AvgIpc) is 2.83. The molecule has 1 aliphatic heterocycles. The summed E-state index contributed by atoms with van der Waals surface area (Å²) in [6.45, 7) is 3.99. The predicted octanol–water partition coefficient (Wildman–Crippen LogP) is 3.65. The molecule has 0 N–H and O–H groups in total. The Labute approximate surface area is 123 Å². The molecule has 0 spiro atoms. The zero-order valence-corrected chi connectivity index (χ0v) is 12.0. The van der Waals surface area contributed by atoms with Crippen LogP contribution in [0.4, 0.5) is 0 Å². The highest BCUT2D eigenvalue weighted by Gasteiger charge is 2.24. The number of aliphatic imine (C=N–C) groups is 1. The highest BCUT2D eigenvalue weighted by molar-refractivity contribution is 6.13. The van der Waals surface area contributed by atoms with Crippen molar-refractivity contribution in [3.63, 3.8) is 0 Å². The Morgan fingerprint density at radius 3 is 2.43 bits per heavy atom. The second kappa shape index (κ2) is 5.37. The molecule has 104 valence electrons. The van der Waals surface area contributed by atoms with Crippen LogP contribution in [0.15, 0.2) is 59.2 Å². The van der Waals surface area contributed by atoms with Gasteiger partial charge in [-0.15, -0.1) is 0 Å². The monoisotopic (exact) mass is 277 g/mol. The minimum absolute atomic E-state index is 0.331. The van der Waals surface area contributed by atoms with E-state index in [1.165, 1.54) is 5.56 Å². The van der Waals surface area contributed by atoms with Crippen LogP contribution in [-0.2, 0) is 9.53 Å². The summed E-state index contributed by atoms with van der Waals surface area (Å²) in [6.07, 6.45) is 1.74. The van der Waals surface area contributed by atoms with E-state index in [-0.39, 0.29) is 0 Å². The first-order valence-corrected chi connectivity index (χ1v) is 6.79. The minimum atomic E-state index is -0.408. The number of cyclic esters (lactones) is 1. The van der Waals surface area contributed by atoms with Crippen molar-refractivity contribution in [3.05, 3.63) is 76.5 Å². The number of carbonyl (C=O) groups is 1. The van der Waals surface area contributed by atoms with E-state index in [1.54, 1.807) is 6.08 Å². The SMILES string of the molecule is Cc1ccc(C=C2N=C(c3ccccc3C)OC2=O)cc1. The molecule has 0 fully saturated rings. The molecule has 0 amide bonds. The summed E-state index contributed by atoms with van der Waals surface area (Å²) in [5.41, 5.74) is 4.31. The lowest BCUT2D eigenvalue weighted by Crippen LogP contribution is -2.06. The molecular weight excluding hydrogens is 262 g/mol. The lowest BCUT2D eigenvalue weighted by atomic mass is 10.1. The molecule has 2 aromatic rings. The van der Waals surface area contributed by atoms with Gasteiger partial charge in [0.05, 0.1) is 0 Å². The summed E-state index contributed by atoms with van der Waals surface area (Å²) in [5.74, 6) is -0.0368. The van der Waals surface area contributed by atoms with E-state index in [1.807, 2.05) is 62.4 Å². The van der Waals surface area contributed by atoms with Crippen LogP contribution >= 0.6 is 0 Å². The lowest BCUT2D eigenvalue weighted by molar-refractivity contribution is -0.129. The average molecular weight is 277 g/mol. The van der Waals surface area contributed by atoms with Gasteiger partial charge in [-0.1, -0.05) is 48.0 Å². The van der Waals surface area contributed by atoms with Gasteiger partial charge < -0.3 is 4.74 Å². The van der Waals surface area contributed by atoms with E-state index in [4.69, 9.17) is 4.74 Å². The molecule has 0 aromatic heterocycles. The number of rotatable bonds is 2. The van der Waals surface area contributed by atoms with Gasteiger partial charge in [0, 0.05) is 5.56 Å². The largest absolute Gasteiger partial charge is 0.402 e. The van der Waals surface area contributed by atoms with E-state index < -0.39 is 5.97 Å². The summed E-state index contributed by atoms with van der Waals surface area (Å²) in [7, 11) is 0. The van der Waals surface area contributed by atoms with Gasteiger partial charge in [0.1, 0.15) is 0 Å². The quantitative estimate of drug-likeness (QED) is 0.621. The number of aryl methyl sites for hydroxylation is 2. The maximum atomic E-state index is 11.9. The van der Waals surface area contributed by atoms with Crippen LogP contribution in [-0.4, -0.2) is 11.9 Å². The number of hydrogen-bond donors (Lipinski definition) is 0. The van der Waals surface area contributed by atoms with Gasteiger partial charge in [0.15, 0.2) is 5.70 Å². The van der Waals surface area contributed by atoms with Crippen molar-refractivity contribution in [2.24, 2.45) is 4.99 Å². The van der Waals surface area contributed by atoms with Crippen LogP contribution in [0.2, 0.25) is 0 Å². The van der Waals surface area contributed by atoms with Crippen LogP contribution in [0.25, 0.3) is 6.08 Å². The third-order valence-electron chi connectivity index (χ3n) is 3.38. The first-order chi connectivity index (χ1) is 10.1. The first-order valence-electron chi connectivity index (χ1n) is 6.79. The number of carbonyl (C=O) groups excluding carboxylic acids is 1. The van der Waals surface area contributed by atoms with Crippen molar-refractivity contribution < 1.29 is 9.53 Å². The molecule has 0 aliphatic carbocycles. The fourth-order valence-electron chi connectivity index (χ4n) is 2.16. The summed E-state index contributed by atoms with van der Waals surface area (Å²) >= 11 is 0. The second-order valence-corrected chi connectivity index (χ2v) is 5.06. The van der Waals surface area contributed by atoms with E-state index in [2.05, 4.69) is 4.99 Å². The Kier molecular flexibility index (Phi) is 3.40. The number of ether oxygens (including phenoxy) is 1. The van der Waals surface area contributed by atoms with Gasteiger partial charge in [0.25, 0.3) is 0 Å². The van der Waals surface area contributed by atoms with Crippen molar-refractivity contribution in [1.29, 1.82) is 0 Å². The third kappa shape index (κ3) is 2.77. The van der Waals surface area contributed by atoms with Crippen LogP contribution < -0.4 is 0 Å². The summed E-state index contributed by atoms with van der Waals surface area (Å²) in [6, 6.07) is 15.6. The predicted molar refractivity (Wildman–Crippen MR) is 83.0 cm³/mol. The van der Waals surface area contributed by atoms with Gasteiger partial charge in [-0.25, -0.2) is 9.79 Å². The summed E-state index contributed by atoms with van der Waals surface area (Å²) < 4.78 is 5.28. The van der Waals surface area contributed by atoms with Crippen molar-refractivity contribution in [3.8, 4) is 0 Å². The molecule has 21 heavy (non-hydrogen) atoms. The Bertz CT molecular complexity index is 755. The van der Waals surface area contributed by atoms with Crippen LogP contribution in [0.5, 0.6) is 0 Å². The normalized spacial score (nSPS) is 16.0. The van der Waals surface area contributed by atoms with Gasteiger partial charge in [-0.3, -0.25) is 0 Å². The van der Waals surface area contributed by atoms with Gasteiger partial charge in [0.2, 0.25) is 5.90 Å². The zero-order chi connectivity index (χ0) is 14.8. The molecule has 0 saturated heterocycles. The Hall–Kier alpha value is -2.68. The van der Waals surface area contributed by atoms with E-state index in [0.717, 1.165) is 16.7 Å². The van der Waals surface area contributed by atoms with Crippen LogP contribution in [0.3, 0.4) is 0 Å². The smallest absolute Gasteiger partial charge is 0.363 e. The minimum Gasteiger partial charge on any atom is -0.402 e. The number of nitrogens with zero attached hydrogens (tertiary/aromatic N) is 1. The number of hydrogen-bond acceptors (Lipinski definition) is 3. The Morgan fingerprint density at radius 1 is 1.00 bits per heavy atom. The number of esters is 1. The van der Waals surface area contributed by atoms with Gasteiger partial charge >= 0.3 is 5.97 Å². The van der Waals surface area contributed by atoms with Crippen molar-refractivity contribution >= 4 is 17.9 Å². The highest BCUT2D eigenvalue weighted by atomic mass is 16.6. The highest BCUT2D eigenvalue weighted by Crippen LogP contribution is 2.20. The Morgan fingerprint density at radius 2 is 1.71 bits per heavy atom. The molecule has 0 atom stereocenters. The van der Waals surface area contributed by atoms with Crippen molar-refractivity contribution in [1.82, 2.24) is 0 Å². The standard InChI is InChI=1S/C18H15NO2/c1-12-7-9-14(10-8-12)11-16-18(20)21-17(19-16)15-6-4-3-5-13(15)2/h3-11H,1-2H3. The van der Waals surface area contributed by atoms with Crippen LogP contribution in [0, 0.1) is 13.8 Å². The molecule has 0 unspecified atom stereocenters. The Balaban J connectivity index is 1.96. The summed E-state index contributed by atoms with van der Waals surface area (Å²) in [5, 5.41) is 0. The molecule has 3 nitrogen and oxygen atoms in total. The van der Waals surface area contributed by atoms with Gasteiger partial charge in [-0.05, 0) is 37.1 Å². The topological polar surface area (TPSA) is 38.7 Å². The second-order valence-electron chi connectivity index (χ2n) is 5.06. The zero-order valence-electron chi connectivity index (χ0n) is 12.0. The molecule has 0 bridgehead atoms. The van der Waals surface area contributed by atoms with Crippen LogP contribution in [0.1, 0.15) is 22.3 Å². The van der Waals surface area contributed by atoms with Crippen molar-refractivity contribution in [2.75, 3.05) is 0 Å². The molecule has 0 saturated carbocycles. The fraction of sp³-hybridized carbons (Fsp3) is 0.111. The molecule has 2 aromatic carbocycles. The van der Waals surface area contributed by atoms with Gasteiger partial charge in [-0.2, -0.15) is 0 Å². The fourth-order valence-corrected chi connectivity index (χ4v) is 2.16. The number of benzene rings is 2. The molecule has 1 heterocycles. The first kappa shape index (κ1) is 13.3. The molecule has 3 rings (SSSR count).